The average Bonchev–Trinajstić information content (AvgIpc) is 2.51. The number of amides is 1. The highest BCUT2D eigenvalue weighted by atomic mass is 16.6. The van der Waals surface area contributed by atoms with Crippen molar-refractivity contribution in [2.75, 3.05) is 33.8 Å². The number of ether oxygens (including phenoxy) is 1. The van der Waals surface area contributed by atoms with Crippen LogP contribution in [-0.4, -0.2) is 44.8 Å². The molecule has 70 valence electrons. The van der Waals surface area contributed by atoms with E-state index in [0.29, 0.717) is 12.5 Å². The molecule has 1 atom stereocenters. The summed E-state index contributed by atoms with van der Waals surface area (Å²) in [7, 11) is 3.38. The van der Waals surface area contributed by atoms with Crippen molar-refractivity contribution in [2.24, 2.45) is 5.92 Å². The van der Waals surface area contributed by atoms with E-state index < -0.39 is 0 Å². The first-order chi connectivity index (χ1) is 5.70. The van der Waals surface area contributed by atoms with Gasteiger partial charge in [-0.3, -0.25) is 0 Å². The molecule has 0 aromatic rings. The Bertz CT molecular complexity index is 153. The molecule has 0 aliphatic carbocycles. The molecule has 1 saturated heterocycles. The highest BCUT2D eigenvalue weighted by Gasteiger charge is 2.16. The van der Waals surface area contributed by atoms with Crippen LogP contribution >= 0.6 is 0 Å². The molecular weight excluding hydrogens is 156 g/mol. The van der Waals surface area contributed by atoms with E-state index >= 15 is 0 Å². The van der Waals surface area contributed by atoms with Crippen LogP contribution < -0.4 is 5.32 Å². The SMILES string of the molecule is CN(C)C(=O)OCC1CCNC1. The Morgan fingerprint density at radius 1 is 1.67 bits per heavy atom. The van der Waals surface area contributed by atoms with Crippen molar-refractivity contribution in [1.29, 1.82) is 0 Å². The summed E-state index contributed by atoms with van der Waals surface area (Å²) in [6, 6.07) is 0. The average molecular weight is 172 g/mol. The molecule has 0 spiro atoms. The Kier molecular flexibility index (Phi) is 3.34. The maximum atomic E-state index is 11.0. The molecule has 12 heavy (non-hydrogen) atoms. The smallest absolute Gasteiger partial charge is 0.409 e. The molecule has 1 amide bonds. The lowest BCUT2D eigenvalue weighted by Gasteiger charge is -2.13. The molecule has 1 aliphatic heterocycles. The van der Waals surface area contributed by atoms with Crippen molar-refractivity contribution in [2.45, 2.75) is 6.42 Å². The van der Waals surface area contributed by atoms with E-state index in [9.17, 15) is 4.79 Å². The number of nitrogens with one attached hydrogen (secondary N) is 1. The number of nitrogens with zero attached hydrogens (tertiary/aromatic N) is 1. The molecule has 0 bridgehead atoms. The number of hydrogen-bond donors (Lipinski definition) is 1. The number of carbonyl (C=O) groups is 1. The van der Waals surface area contributed by atoms with Gasteiger partial charge in [-0.05, 0) is 13.0 Å². The Morgan fingerprint density at radius 2 is 2.42 bits per heavy atom. The van der Waals surface area contributed by atoms with Crippen molar-refractivity contribution in [3.8, 4) is 0 Å². The summed E-state index contributed by atoms with van der Waals surface area (Å²) in [5.74, 6) is 0.508. The summed E-state index contributed by atoms with van der Waals surface area (Å²) in [5, 5.41) is 3.22. The molecule has 1 N–H and O–H groups in total. The van der Waals surface area contributed by atoms with Gasteiger partial charge in [-0.25, -0.2) is 4.79 Å². The van der Waals surface area contributed by atoms with Crippen LogP contribution in [0.15, 0.2) is 0 Å². The van der Waals surface area contributed by atoms with E-state index in [0.717, 1.165) is 19.5 Å². The fourth-order valence-corrected chi connectivity index (χ4v) is 1.17. The molecule has 1 heterocycles. The lowest BCUT2D eigenvalue weighted by Crippen LogP contribution is -2.25. The zero-order valence-electron chi connectivity index (χ0n) is 7.67. The highest BCUT2D eigenvalue weighted by Crippen LogP contribution is 2.07. The van der Waals surface area contributed by atoms with Gasteiger partial charge in [0.05, 0.1) is 6.61 Å². The Balaban J connectivity index is 2.12. The minimum atomic E-state index is -0.248. The second-order valence-corrected chi connectivity index (χ2v) is 3.33. The maximum absolute atomic E-state index is 11.0. The standard InChI is InChI=1S/C8H16N2O2/c1-10(2)8(11)12-6-7-3-4-9-5-7/h7,9H,3-6H2,1-2H3. The van der Waals surface area contributed by atoms with Gasteiger partial charge < -0.3 is 15.0 Å². The van der Waals surface area contributed by atoms with Crippen LogP contribution in [0.2, 0.25) is 0 Å². The molecule has 1 rings (SSSR count). The van der Waals surface area contributed by atoms with Gasteiger partial charge in [-0.1, -0.05) is 0 Å². The highest BCUT2D eigenvalue weighted by molar-refractivity contribution is 5.66. The summed E-state index contributed by atoms with van der Waals surface area (Å²) in [6.07, 6.45) is 0.864. The van der Waals surface area contributed by atoms with Crippen molar-refractivity contribution in [3.05, 3.63) is 0 Å². The lowest BCUT2D eigenvalue weighted by atomic mass is 10.1. The molecular formula is C8H16N2O2. The van der Waals surface area contributed by atoms with Gasteiger partial charge in [0.25, 0.3) is 0 Å². The van der Waals surface area contributed by atoms with Crippen molar-refractivity contribution in [1.82, 2.24) is 10.2 Å². The van der Waals surface area contributed by atoms with Crippen LogP contribution in [0, 0.1) is 5.92 Å². The molecule has 0 radical (unpaired) electrons. The van der Waals surface area contributed by atoms with E-state index in [1.807, 2.05) is 0 Å². The summed E-state index contributed by atoms with van der Waals surface area (Å²) >= 11 is 0. The van der Waals surface area contributed by atoms with Gasteiger partial charge in [0.1, 0.15) is 0 Å². The van der Waals surface area contributed by atoms with Crippen LogP contribution in [0.1, 0.15) is 6.42 Å². The van der Waals surface area contributed by atoms with Crippen LogP contribution in [0.3, 0.4) is 0 Å². The molecule has 1 aliphatic rings. The second kappa shape index (κ2) is 4.30. The summed E-state index contributed by atoms with van der Waals surface area (Å²) in [5.41, 5.74) is 0. The molecule has 0 aromatic heterocycles. The van der Waals surface area contributed by atoms with Crippen LogP contribution in [-0.2, 0) is 4.74 Å². The minimum absolute atomic E-state index is 0.248. The molecule has 1 unspecified atom stereocenters. The molecule has 4 heteroatoms. The zero-order chi connectivity index (χ0) is 8.97. The van der Waals surface area contributed by atoms with E-state index in [2.05, 4.69) is 5.32 Å². The predicted octanol–water partition coefficient (Wildman–Crippen LogP) is 0.294. The first kappa shape index (κ1) is 9.32. The molecule has 4 nitrogen and oxygen atoms in total. The fraction of sp³-hybridized carbons (Fsp3) is 0.875. The summed E-state index contributed by atoms with van der Waals surface area (Å²) in [6.45, 7) is 2.56. The van der Waals surface area contributed by atoms with Gasteiger partial charge in [-0.15, -0.1) is 0 Å². The van der Waals surface area contributed by atoms with Gasteiger partial charge >= 0.3 is 6.09 Å². The van der Waals surface area contributed by atoms with Crippen molar-refractivity contribution < 1.29 is 9.53 Å². The van der Waals surface area contributed by atoms with E-state index in [4.69, 9.17) is 4.74 Å². The Morgan fingerprint density at radius 3 is 2.92 bits per heavy atom. The second-order valence-electron chi connectivity index (χ2n) is 3.33. The lowest BCUT2D eigenvalue weighted by molar-refractivity contribution is 0.104. The van der Waals surface area contributed by atoms with Gasteiger partial charge in [0, 0.05) is 26.6 Å². The third-order valence-electron chi connectivity index (χ3n) is 1.97. The number of rotatable bonds is 2. The molecule has 0 saturated carbocycles. The van der Waals surface area contributed by atoms with E-state index in [-0.39, 0.29) is 6.09 Å². The Labute approximate surface area is 72.9 Å². The fourth-order valence-electron chi connectivity index (χ4n) is 1.17. The van der Waals surface area contributed by atoms with Gasteiger partial charge in [0.15, 0.2) is 0 Å². The predicted molar refractivity (Wildman–Crippen MR) is 46.0 cm³/mol. The third-order valence-corrected chi connectivity index (χ3v) is 1.97. The van der Waals surface area contributed by atoms with Gasteiger partial charge in [-0.2, -0.15) is 0 Å². The van der Waals surface area contributed by atoms with Crippen molar-refractivity contribution in [3.63, 3.8) is 0 Å². The normalized spacial score (nSPS) is 22.3. The largest absolute Gasteiger partial charge is 0.449 e. The maximum Gasteiger partial charge on any atom is 0.409 e. The van der Waals surface area contributed by atoms with Crippen LogP contribution in [0.25, 0.3) is 0 Å². The minimum Gasteiger partial charge on any atom is -0.449 e. The van der Waals surface area contributed by atoms with Crippen molar-refractivity contribution >= 4 is 6.09 Å². The molecule has 1 fully saturated rings. The first-order valence-corrected chi connectivity index (χ1v) is 4.25. The van der Waals surface area contributed by atoms with E-state index in [1.54, 1.807) is 14.1 Å². The van der Waals surface area contributed by atoms with Crippen LogP contribution in [0.4, 0.5) is 4.79 Å². The van der Waals surface area contributed by atoms with Crippen LogP contribution in [0.5, 0.6) is 0 Å². The monoisotopic (exact) mass is 172 g/mol. The Hall–Kier alpha value is -0.770. The van der Waals surface area contributed by atoms with E-state index in [1.165, 1.54) is 4.90 Å². The third kappa shape index (κ3) is 2.70. The number of hydrogen-bond acceptors (Lipinski definition) is 3. The zero-order valence-corrected chi connectivity index (χ0v) is 7.67. The molecule has 0 aromatic carbocycles. The topological polar surface area (TPSA) is 41.6 Å². The number of carbonyl (C=O) groups excluding carboxylic acids is 1. The first-order valence-electron chi connectivity index (χ1n) is 4.25. The summed E-state index contributed by atoms with van der Waals surface area (Å²) in [4.78, 5) is 12.4. The quantitative estimate of drug-likeness (QED) is 0.651. The van der Waals surface area contributed by atoms with Gasteiger partial charge in [0.2, 0.25) is 0 Å². The summed E-state index contributed by atoms with van der Waals surface area (Å²) < 4.78 is 5.03.